The van der Waals surface area contributed by atoms with Crippen molar-refractivity contribution < 1.29 is 35.7 Å². The number of carbonyl (C=O) groups is 1. The molecule has 6 heteroatoms. The van der Waals surface area contributed by atoms with Gasteiger partial charge in [0.15, 0.2) is 0 Å². The van der Waals surface area contributed by atoms with Crippen LogP contribution in [0.1, 0.15) is 13.3 Å². The number of carbonyl (C=O) groups excluding carboxylic acids is 1. The van der Waals surface area contributed by atoms with E-state index in [4.69, 9.17) is 9.47 Å². The topological polar surface area (TPSA) is 57.5 Å². The summed E-state index contributed by atoms with van der Waals surface area (Å²) in [6.45, 7) is 3.21. The first-order valence-corrected chi connectivity index (χ1v) is 7.86. The normalized spacial score (nSPS) is 35.6. The van der Waals surface area contributed by atoms with E-state index in [9.17, 15) is 4.79 Å². The summed E-state index contributed by atoms with van der Waals surface area (Å²) in [5, 5.41) is 0. The molecule has 0 aromatic carbocycles. The van der Waals surface area contributed by atoms with Crippen LogP contribution in [0.2, 0.25) is 0 Å². The van der Waals surface area contributed by atoms with Gasteiger partial charge in [0, 0.05) is 0 Å². The molecule has 82 valence electrons. The Balaban J connectivity index is 1.87. The van der Waals surface area contributed by atoms with Crippen LogP contribution in [-0.4, -0.2) is 32.8 Å². The number of hydrogen-bond donors (Lipinski definition) is 1. The molecule has 0 spiro atoms. The van der Waals surface area contributed by atoms with Crippen LogP contribution in [0.15, 0.2) is 0 Å². The van der Waals surface area contributed by atoms with Gasteiger partial charge in [-0.1, -0.05) is 0 Å². The van der Waals surface area contributed by atoms with Gasteiger partial charge in [0.2, 0.25) is 0 Å². The van der Waals surface area contributed by atoms with Crippen molar-refractivity contribution in [1.82, 2.24) is 3.53 Å². The zero-order chi connectivity index (χ0) is 10.2. The fourth-order valence-corrected chi connectivity index (χ4v) is 4.52. The second-order valence-corrected chi connectivity index (χ2v) is 8.28. The summed E-state index contributed by atoms with van der Waals surface area (Å²) in [6.07, 6.45) is 0.819. The number of nitrogens with one attached hydrogen (secondary N) is 1. The molecule has 2 heterocycles. The molecule has 0 saturated carbocycles. The van der Waals surface area contributed by atoms with E-state index in [0.717, 1.165) is 6.42 Å². The number of rotatable bonds is 3. The Kier molecular flexibility index (Phi) is 3.55. The van der Waals surface area contributed by atoms with Crippen LogP contribution in [0.5, 0.6) is 0 Å². The van der Waals surface area contributed by atoms with Crippen LogP contribution >= 0.6 is 22.6 Å². The molecule has 2 fully saturated rings. The first kappa shape index (κ1) is 11.3. The molecule has 0 bridgehead atoms. The number of halogens is 2. The molecular weight excluding hydrogens is 412 g/mol. The minimum absolute atomic E-state index is 0.0199. The van der Waals surface area contributed by atoms with Crippen molar-refractivity contribution in [3.63, 3.8) is 0 Å². The van der Waals surface area contributed by atoms with Gasteiger partial charge in [0.1, 0.15) is 0 Å². The zero-order valence-electron chi connectivity index (χ0n) is 7.76. The second kappa shape index (κ2) is 4.38. The Morgan fingerprint density at radius 3 is 3.00 bits per heavy atom. The van der Waals surface area contributed by atoms with Crippen LogP contribution in [-0.2, 0) is 14.3 Å². The van der Waals surface area contributed by atoms with E-state index in [2.05, 4.69) is 26.1 Å². The van der Waals surface area contributed by atoms with Gasteiger partial charge < -0.3 is 0 Å². The SMILES string of the molecule is CC(I)(C(=O)OC1CCOC1)C1N[I-]1. The van der Waals surface area contributed by atoms with Gasteiger partial charge in [-0.3, -0.25) is 0 Å². The van der Waals surface area contributed by atoms with Gasteiger partial charge in [0.05, 0.1) is 0 Å². The van der Waals surface area contributed by atoms with Crippen LogP contribution in [0.3, 0.4) is 0 Å². The van der Waals surface area contributed by atoms with Gasteiger partial charge in [-0.25, -0.2) is 0 Å². The number of ether oxygens (including phenoxy) is 2. The molecule has 14 heavy (non-hydrogen) atoms. The molecule has 1 N–H and O–H groups in total. The Labute approximate surface area is 107 Å². The van der Waals surface area contributed by atoms with Crippen molar-refractivity contribution in [2.24, 2.45) is 0 Å². The Morgan fingerprint density at radius 2 is 2.50 bits per heavy atom. The van der Waals surface area contributed by atoms with E-state index >= 15 is 0 Å². The summed E-state index contributed by atoms with van der Waals surface area (Å²) in [7, 11) is 0. The maximum atomic E-state index is 11.8. The van der Waals surface area contributed by atoms with E-state index in [1.165, 1.54) is 0 Å². The average molecular weight is 424 g/mol. The van der Waals surface area contributed by atoms with Gasteiger partial charge in [0.25, 0.3) is 0 Å². The second-order valence-electron chi connectivity index (χ2n) is 3.55. The van der Waals surface area contributed by atoms with Crippen LogP contribution in [0, 0.1) is 0 Å². The van der Waals surface area contributed by atoms with E-state index in [1.54, 1.807) is 0 Å². The summed E-state index contributed by atoms with van der Waals surface area (Å²) >= 11 is 2.23. The summed E-state index contributed by atoms with van der Waals surface area (Å²) in [5.41, 5.74) is 0. The number of esters is 1. The first-order chi connectivity index (χ1) is 6.60. The fraction of sp³-hybridized carbons (Fsp3) is 0.875. The van der Waals surface area contributed by atoms with E-state index in [-0.39, 0.29) is 37.0 Å². The van der Waals surface area contributed by atoms with Crippen LogP contribution in [0.4, 0.5) is 0 Å². The predicted octanol–water partition coefficient (Wildman–Crippen LogP) is -2.55. The van der Waals surface area contributed by atoms with Crippen LogP contribution in [0.25, 0.3) is 0 Å². The first-order valence-electron chi connectivity index (χ1n) is 4.46. The average Bonchev–Trinajstić information content (AvgIpc) is 2.88. The van der Waals surface area contributed by atoms with Gasteiger partial charge in [-0.2, -0.15) is 0 Å². The number of hydrogen-bond acceptors (Lipinski definition) is 4. The van der Waals surface area contributed by atoms with E-state index in [1.807, 2.05) is 6.92 Å². The van der Waals surface area contributed by atoms with Gasteiger partial charge in [-0.15, -0.1) is 0 Å². The molecule has 2 saturated heterocycles. The third-order valence-electron chi connectivity index (χ3n) is 2.25. The van der Waals surface area contributed by atoms with E-state index in [0.29, 0.717) is 17.3 Å². The zero-order valence-corrected chi connectivity index (χ0v) is 12.1. The Hall–Kier alpha value is 0.850. The molecule has 2 aliphatic rings. The van der Waals surface area contributed by atoms with Crippen molar-refractivity contribution >= 4 is 28.6 Å². The quantitative estimate of drug-likeness (QED) is 0.136. The van der Waals surface area contributed by atoms with Crippen molar-refractivity contribution in [2.75, 3.05) is 13.2 Å². The summed E-state index contributed by atoms with van der Waals surface area (Å²) in [6, 6.07) is 0. The summed E-state index contributed by atoms with van der Waals surface area (Å²) in [4.78, 5) is 11.8. The number of alkyl halides is 2. The predicted molar refractivity (Wildman–Crippen MR) is 54.7 cm³/mol. The monoisotopic (exact) mass is 424 g/mol. The maximum absolute atomic E-state index is 11.8. The molecule has 4 nitrogen and oxygen atoms in total. The Bertz CT molecular complexity index is 237. The molecule has 2 rings (SSSR count). The van der Waals surface area contributed by atoms with Crippen molar-refractivity contribution in [2.45, 2.75) is 26.9 Å². The molecule has 2 aliphatic heterocycles. The third-order valence-corrected chi connectivity index (χ3v) is 7.00. The van der Waals surface area contributed by atoms with Crippen molar-refractivity contribution in [1.29, 1.82) is 0 Å². The molecule has 0 aromatic heterocycles. The molecule has 3 atom stereocenters. The molecular formula is C8H12I2NO3-. The molecule has 3 unspecified atom stereocenters. The van der Waals surface area contributed by atoms with Crippen molar-refractivity contribution in [3.05, 3.63) is 0 Å². The van der Waals surface area contributed by atoms with Gasteiger partial charge >= 0.3 is 108 Å². The molecule has 0 aliphatic carbocycles. The minimum atomic E-state index is -0.381. The van der Waals surface area contributed by atoms with Crippen LogP contribution < -0.4 is 25.0 Å². The molecule has 0 aromatic rings. The molecule has 0 amide bonds. The molecule has 0 radical (unpaired) electrons. The standard InChI is InChI=1S/C8H12I2NO3/c1-8(9,6-10-11-6)7(12)14-5-2-3-13-4-5/h5-6,11H,2-4H2,1H3/q-1. The van der Waals surface area contributed by atoms with Gasteiger partial charge in [-0.05, 0) is 0 Å². The van der Waals surface area contributed by atoms with Crippen molar-refractivity contribution in [3.8, 4) is 0 Å². The summed E-state index contributed by atoms with van der Waals surface area (Å²) < 4.78 is 13.8. The summed E-state index contributed by atoms with van der Waals surface area (Å²) in [5.74, 6) is -0.0942. The fourth-order valence-electron chi connectivity index (χ4n) is 1.21. The Morgan fingerprint density at radius 1 is 1.79 bits per heavy atom. The van der Waals surface area contributed by atoms with E-state index < -0.39 is 0 Å². The third kappa shape index (κ3) is 2.50.